The molecular weight excluding hydrogens is 275 g/mol. The average molecular weight is 292 g/mol. The Balaban J connectivity index is 1.86. The molecule has 1 amide bonds. The minimum atomic E-state index is -0.324. The van der Waals surface area contributed by atoms with Gasteiger partial charge < -0.3 is 15.8 Å². The molecule has 1 atom stereocenters. The highest BCUT2D eigenvalue weighted by Crippen LogP contribution is 2.13. The number of hydrogen-bond acceptors (Lipinski definition) is 4. The molecule has 0 fully saturated rings. The van der Waals surface area contributed by atoms with Gasteiger partial charge in [-0.1, -0.05) is 0 Å². The van der Waals surface area contributed by atoms with Gasteiger partial charge in [-0.25, -0.2) is 4.39 Å². The summed E-state index contributed by atoms with van der Waals surface area (Å²) in [5.74, 6) is 0.212. The Hall–Kier alpha value is -2.57. The van der Waals surface area contributed by atoms with Gasteiger partial charge in [-0.2, -0.15) is 5.10 Å². The van der Waals surface area contributed by atoms with Crippen LogP contribution in [0.15, 0.2) is 30.5 Å². The van der Waals surface area contributed by atoms with Crippen molar-refractivity contribution in [1.29, 1.82) is 0 Å². The predicted molar refractivity (Wildman–Crippen MR) is 76.4 cm³/mol. The summed E-state index contributed by atoms with van der Waals surface area (Å²) in [5, 5.41) is 6.62. The van der Waals surface area contributed by atoms with Gasteiger partial charge in [-0.15, -0.1) is 0 Å². The molecule has 21 heavy (non-hydrogen) atoms. The number of nitrogens with one attached hydrogen (secondary N) is 1. The lowest BCUT2D eigenvalue weighted by molar-refractivity contribution is 0.0933. The topological polar surface area (TPSA) is 82.2 Å². The van der Waals surface area contributed by atoms with Gasteiger partial charge in [0.05, 0.1) is 12.7 Å². The number of aryl methyl sites for hydroxylation is 1. The summed E-state index contributed by atoms with van der Waals surface area (Å²) in [7, 11) is 1.66. The van der Waals surface area contributed by atoms with Crippen LogP contribution in [0.1, 0.15) is 17.3 Å². The van der Waals surface area contributed by atoms with Gasteiger partial charge in [-0.3, -0.25) is 9.48 Å². The Morgan fingerprint density at radius 3 is 2.71 bits per heavy atom. The molecule has 1 heterocycles. The van der Waals surface area contributed by atoms with Gasteiger partial charge in [0, 0.05) is 7.05 Å². The van der Waals surface area contributed by atoms with Crippen molar-refractivity contribution in [2.75, 3.05) is 12.3 Å². The Morgan fingerprint density at radius 1 is 1.48 bits per heavy atom. The van der Waals surface area contributed by atoms with Gasteiger partial charge in [0.2, 0.25) is 0 Å². The zero-order valence-corrected chi connectivity index (χ0v) is 11.8. The van der Waals surface area contributed by atoms with Crippen molar-refractivity contribution < 1.29 is 13.9 Å². The number of anilines is 1. The molecule has 2 rings (SSSR count). The van der Waals surface area contributed by atoms with E-state index in [1.807, 2.05) is 0 Å². The molecule has 0 aliphatic heterocycles. The molecule has 1 aromatic heterocycles. The van der Waals surface area contributed by atoms with Crippen molar-refractivity contribution in [2.45, 2.75) is 13.0 Å². The summed E-state index contributed by atoms with van der Waals surface area (Å²) in [5.41, 5.74) is 6.05. The summed E-state index contributed by atoms with van der Waals surface area (Å²) in [6.07, 6.45) is 1.15. The van der Waals surface area contributed by atoms with Crippen LogP contribution in [0.4, 0.5) is 10.2 Å². The summed E-state index contributed by atoms with van der Waals surface area (Å²) in [6.45, 7) is 2.10. The van der Waals surface area contributed by atoms with Gasteiger partial charge in [0.1, 0.15) is 29.1 Å². The quantitative estimate of drug-likeness (QED) is 0.871. The first-order valence-electron chi connectivity index (χ1n) is 6.45. The van der Waals surface area contributed by atoms with Crippen molar-refractivity contribution >= 4 is 11.7 Å². The van der Waals surface area contributed by atoms with Crippen LogP contribution < -0.4 is 15.8 Å². The summed E-state index contributed by atoms with van der Waals surface area (Å²) in [6, 6.07) is 5.70. The number of nitrogen functional groups attached to an aromatic ring is 1. The molecule has 0 saturated heterocycles. The number of halogens is 1. The van der Waals surface area contributed by atoms with Gasteiger partial charge in [0.25, 0.3) is 5.91 Å². The van der Waals surface area contributed by atoms with Crippen LogP contribution in [0.25, 0.3) is 0 Å². The van der Waals surface area contributed by atoms with E-state index in [4.69, 9.17) is 10.5 Å². The molecule has 0 aliphatic carbocycles. The van der Waals surface area contributed by atoms with Crippen LogP contribution in [-0.2, 0) is 7.05 Å². The van der Waals surface area contributed by atoms with E-state index in [1.165, 1.54) is 35.1 Å². The maximum Gasteiger partial charge on any atom is 0.256 e. The van der Waals surface area contributed by atoms with E-state index >= 15 is 0 Å². The summed E-state index contributed by atoms with van der Waals surface area (Å²) >= 11 is 0. The highest BCUT2D eigenvalue weighted by atomic mass is 19.1. The second-order valence-corrected chi connectivity index (χ2v) is 4.66. The third-order valence-corrected chi connectivity index (χ3v) is 2.93. The van der Waals surface area contributed by atoms with Gasteiger partial charge in [-0.05, 0) is 31.2 Å². The molecule has 0 radical (unpaired) electrons. The Labute approximate surface area is 121 Å². The van der Waals surface area contributed by atoms with E-state index < -0.39 is 0 Å². The lowest BCUT2D eigenvalue weighted by Crippen LogP contribution is -2.33. The number of carbonyl (C=O) groups is 1. The minimum Gasteiger partial charge on any atom is -0.489 e. The first-order chi connectivity index (χ1) is 9.97. The largest absolute Gasteiger partial charge is 0.489 e. The molecule has 6 nitrogen and oxygen atoms in total. The fourth-order valence-electron chi connectivity index (χ4n) is 1.74. The van der Waals surface area contributed by atoms with Crippen LogP contribution in [0.3, 0.4) is 0 Å². The highest BCUT2D eigenvalue weighted by Gasteiger charge is 2.14. The van der Waals surface area contributed by atoms with E-state index in [-0.39, 0.29) is 17.8 Å². The fraction of sp³-hybridized carbons (Fsp3) is 0.286. The lowest BCUT2D eigenvalue weighted by atomic mass is 10.3. The SMILES string of the molecule is C[C@@H](CNC(=O)c1cnn(C)c1N)Oc1ccc(F)cc1. The number of nitrogens with two attached hydrogens (primary N) is 1. The summed E-state index contributed by atoms with van der Waals surface area (Å²) < 4.78 is 19.8. The normalized spacial score (nSPS) is 12.0. The molecular formula is C14H17FN4O2. The molecule has 7 heteroatoms. The van der Waals surface area contributed by atoms with Gasteiger partial charge >= 0.3 is 0 Å². The van der Waals surface area contributed by atoms with Crippen LogP contribution in [-0.4, -0.2) is 28.3 Å². The maximum atomic E-state index is 12.8. The predicted octanol–water partition coefficient (Wildman–Crippen LogP) is 1.34. The molecule has 2 aromatic rings. The van der Waals surface area contributed by atoms with E-state index in [9.17, 15) is 9.18 Å². The van der Waals surface area contributed by atoms with Crippen LogP contribution in [0.2, 0.25) is 0 Å². The minimum absolute atomic E-state index is 0.266. The number of carbonyl (C=O) groups excluding carboxylic acids is 1. The van der Waals surface area contributed by atoms with E-state index in [1.54, 1.807) is 14.0 Å². The van der Waals surface area contributed by atoms with Crippen molar-refractivity contribution in [3.05, 3.63) is 41.8 Å². The third kappa shape index (κ3) is 3.71. The van der Waals surface area contributed by atoms with Crippen molar-refractivity contribution in [3.8, 4) is 5.75 Å². The van der Waals surface area contributed by atoms with Crippen molar-refractivity contribution in [2.24, 2.45) is 7.05 Å². The smallest absolute Gasteiger partial charge is 0.256 e. The molecule has 0 unspecified atom stereocenters. The third-order valence-electron chi connectivity index (χ3n) is 2.93. The average Bonchev–Trinajstić information content (AvgIpc) is 2.79. The van der Waals surface area contributed by atoms with Crippen LogP contribution >= 0.6 is 0 Å². The molecule has 3 N–H and O–H groups in total. The van der Waals surface area contributed by atoms with E-state index in [0.29, 0.717) is 23.7 Å². The number of aromatic nitrogens is 2. The molecule has 0 aliphatic rings. The van der Waals surface area contributed by atoms with Gasteiger partial charge in [0.15, 0.2) is 0 Å². The van der Waals surface area contributed by atoms with E-state index in [2.05, 4.69) is 10.4 Å². The number of rotatable bonds is 5. The Kier molecular flexibility index (Phi) is 4.42. The molecule has 0 bridgehead atoms. The fourth-order valence-corrected chi connectivity index (χ4v) is 1.74. The zero-order valence-electron chi connectivity index (χ0n) is 11.8. The Bertz CT molecular complexity index is 624. The van der Waals surface area contributed by atoms with Crippen LogP contribution in [0.5, 0.6) is 5.75 Å². The highest BCUT2D eigenvalue weighted by molar-refractivity contribution is 5.98. The standard InChI is InChI=1S/C14H17FN4O2/c1-9(21-11-5-3-10(15)4-6-11)7-17-14(20)12-8-18-19(2)13(12)16/h3-6,8-9H,7,16H2,1-2H3,(H,17,20)/t9-/m0/s1. The molecule has 112 valence electrons. The second-order valence-electron chi connectivity index (χ2n) is 4.66. The molecule has 1 aromatic carbocycles. The number of ether oxygens (including phenoxy) is 1. The Morgan fingerprint density at radius 2 is 2.14 bits per heavy atom. The van der Waals surface area contributed by atoms with E-state index in [0.717, 1.165) is 0 Å². The number of nitrogens with zero attached hydrogens (tertiary/aromatic N) is 2. The number of hydrogen-bond donors (Lipinski definition) is 2. The number of benzene rings is 1. The monoisotopic (exact) mass is 292 g/mol. The maximum absolute atomic E-state index is 12.8. The van der Waals surface area contributed by atoms with Crippen molar-refractivity contribution in [3.63, 3.8) is 0 Å². The van der Waals surface area contributed by atoms with Crippen LogP contribution in [0, 0.1) is 5.82 Å². The molecule has 0 saturated carbocycles. The lowest BCUT2D eigenvalue weighted by Gasteiger charge is -2.15. The first kappa shape index (κ1) is 14.8. The zero-order chi connectivity index (χ0) is 15.4. The molecule has 0 spiro atoms. The first-order valence-corrected chi connectivity index (χ1v) is 6.45. The van der Waals surface area contributed by atoms with Crippen molar-refractivity contribution in [1.82, 2.24) is 15.1 Å². The number of amides is 1. The summed E-state index contributed by atoms with van der Waals surface area (Å²) in [4.78, 5) is 11.9. The second kappa shape index (κ2) is 6.25.